The molecule has 3 rings (SSSR count). The van der Waals surface area contributed by atoms with Crippen LogP contribution in [0.5, 0.6) is 0 Å². The fourth-order valence-electron chi connectivity index (χ4n) is 3.16. The van der Waals surface area contributed by atoms with Crippen molar-refractivity contribution in [2.75, 3.05) is 19.4 Å². The third-order valence-corrected chi connectivity index (χ3v) is 5.52. The van der Waals surface area contributed by atoms with E-state index in [1.165, 1.54) is 11.8 Å². The van der Waals surface area contributed by atoms with Crippen molar-refractivity contribution in [2.24, 2.45) is 0 Å². The summed E-state index contributed by atoms with van der Waals surface area (Å²) in [5.74, 6) is -0.873. The second-order valence-electron chi connectivity index (χ2n) is 6.50. The molecule has 1 aliphatic heterocycles. The smallest absolute Gasteiger partial charge is 0.305 e. The first-order valence-electron chi connectivity index (χ1n) is 8.62. The lowest BCUT2D eigenvalue weighted by molar-refractivity contribution is -0.139. The fourth-order valence-corrected chi connectivity index (χ4v) is 3.97. The predicted octanol–water partition coefficient (Wildman–Crippen LogP) is 1.76. The maximum atomic E-state index is 12.7. The van der Waals surface area contributed by atoms with Crippen LogP contribution in [0.25, 0.3) is 5.69 Å². The van der Waals surface area contributed by atoms with E-state index < -0.39 is 5.97 Å². The Kier molecular flexibility index (Phi) is 6.12. The van der Waals surface area contributed by atoms with E-state index in [0.717, 1.165) is 11.3 Å². The highest BCUT2D eigenvalue weighted by atomic mass is 32.2. The molecule has 1 saturated heterocycles. The predicted molar refractivity (Wildman–Crippen MR) is 100.0 cm³/mol. The third-order valence-electron chi connectivity index (χ3n) is 4.59. The van der Waals surface area contributed by atoms with Crippen molar-refractivity contribution in [3.05, 3.63) is 36.2 Å². The van der Waals surface area contributed by atoms with Gasteiger partial charge in [-0.2, -0.15) is 0 Å². The molecule has 2 heterocycles. The van der Waals surface area contributed by atoms with Gasteiger partial charge in [0.05, 0.1) is 18.3 Å². The number of aliphatic carboxylic acids is 1. The third kappa shape index (κ3) is 4.67. The van der Waals surface area contributed by atoms with Gasteiger partial charge in [-0.05, 0) is 25.5 Å². The normalized spacial score (nSPS) is 19.4. The molecule has 2 unspecified atom stereocenters. The van der Waals surface area contributed by atoms with Crippen molar-refractivity contribution in [2.45, 2.75) is 37.1 Å². The van der Waals surface area contributed by atoms with E-state index in [9.17, 15) is 9.59 Å². The summed E-state index contributed by atoms with van der Waals surface area (Å²) in [4.78, 5) is 25.4. The van der Waals surface area contributed by atoms with E-state index in [4.69, 9.17) is 9.84 Å². The van der Waals surface area contributed by atoms with Crippen LogP contribution in [-0.2, 0) is 14.3 Å². The number of hydrogen-bond acceptors (Lipinski definition) is 6. The molecule has 1 aliphatic rings. The van der Waals surface area contributed by atoms with Crippen molar-refractivity contribution < 1.29 is 19.4 Å². The number of carboxylic acid groups (broad SMARTS) is 1. The van der Waals surface area contributed by atoms with Crippen LogP contribution in [0.3, 0.4) is 0 Å². The molecule has 1 N–H and O–H groups in total. The minimum absolute atomic E-state index is 0.0736. The number of likely N-dealkylation sites (tertiary alicyclic amines) is 1. The summed E-state index contributed by atoms with van der Waals surface area (Å²) in [5.41, 5.74) is 2.08. The molecule has 2 atom stereocenters. The van der Waals surface area contributed by atoms with E-state index >= 15 is 0 Å². The van der Waals surface area contributed by atoms with Gasteiger partial charge in [0, 0.05) is 25.4 Å². The molecule has 0 bridgehead atoms. The number of methoxy groups -OCH3 is 1. The van der Waals surface area contributed by atoms with Gasteiger partial charge in [-0.25, -0.2) is 0 Å². The van der Waals surface area contributed by atoms with Crippen LogP contribution in [0.1, 0.15) is 18.4 Å². The van der Waals surface area contributed by atoms with Crippen LogP contribution in [0.2, 0.25) is 0 Å². The van der Waals surface area contributed by atoms with Crippen molar-refractivity contribution in [1.29, 1.82) is 0 Å². The molecule has 1 aromatic carbocycles. The van der Waals surface area contributed by atoms with Crippen molar-refractivity contribution >= 4 is 23.6 Å². The van der Waals surface area contributed by atoms with E-state index in [-0.39, 0.29) is 30.2 Å². The van der Waals surface area contributed by atoms with E-state index in [2.05, 4.69) is 10.2 Å². The Morgan fingerprint density at radius 3 is 2.74 bits per heavy atom. The average molecular weight is 390 g/mol. The molecule has 8 nitrogen and oxygen atoms in total. The second kappa shape index (κ2) is 8.53. The monoisotopic (exact) mass is 390 g/mol. The van der Waals surface area contributed by atoms with Crippen LogP contribution in [0.15, 0.2) is 35.7 Å². The minimum atomic E-state index is -0.915. The first-order valence-corrected chi connectivity index (χ1v) is 9.60. The number of rotatable bonds is 7. The fraction of sp³-hybridized carbons (Fsp3) is 0.444. The Morgan fingerprint density at radius 1 is 1.33 bits per heavy atom. The molecule has 0 aliphatic carbocycles. The van der Waals surface area contributed by atoms with E-state index in [1.54, 1.807) is 18.3 Å². The number of carbonyl (C=O) groups excluding carboxylic acids is 1. The lowest BCUT2D eigenvalue weighted by Crippen LogP contribution is -2.38. The summed E-state index contributed by atoms with van der Waals surface area (Å²) in [6.45, 7) is 2.43. The van der Waals surface area contributed by atoms with Gasteiger partial charge in [-0.15, -0.1) is 10.2 Å². The van der Waals surface area contributed by atoms with Gasteiger partial charge in [0.15, 0.2) is 5.16 Å². The SMILES string of the molecule is COC1CC(CC(=O)O)N(C(=O)CSc2nncn2-c2ccc(C)cc2)C1. The molecule has 2 aromatic rings. The Labute approximate surface area is 161 Å². The molecule has 1 amide bonds. The molecule has 0 spiro atoms. The van der Waals surface area contributed by atoms with Crippen LogP contribution >= 0.6 is 11.8 Å². The maximum absolute atomic E-state index is 12.7. The molecule has 27 heavy (non-hydrogen) atoms. The van der Waals surface area contributed by atoms with Crippen molar-refractivity contribution in [1.82, 2.24) is 19.7 Å². The van der Waals surface area contributed by atoms with Gasteiger partial charge in [0.25, 0.3) is 0 Å². The molecule has 0 radical (unpaired) electrons. The summed E-state index contributed by atoms with van der Waals surface area (Å²) in [6, 6.07) is 7.60. The maximum Gasteiger partial charge on any atom is 0.305 e. The number of benzene rings is 1. The van der Waals surface area contributed by atoms with Crippen molar-refractivity contribution in [3.8, 4) is 5.69 Å². The first kappa shape index (κ1) is 19.4. The largest absolute Gasteiger partial charge is 0.481 e. The van der Waals surface area contributed by atoms with Crippen LogP contribution in [-0.4, -0.2) is 68.2 Å². The summed E-state index contributed by atoms with van der Waals surface area (Å²) in [6.07, 6.45) is 1.95. The van der Waals surface area contributed by atoms with Crippen LogP contribution < -0.4 is 0 Å². The quantitative estimate of drug-likeness (QED) is 0.720. The van der Waals surface area contributed by atoms with E-state index in [1.807, 2.05) is 35.8 Å². The van der Waals surface area contributed by atoms with E-state index in [0.29, 0.717) is 18.1 Å². The lowest BCUT2D eigenvalue weighted by atomic mass is 10.1. The number of carbonyl (C=O) groups is 2. The average Bonchev–Trinajstić information content (AvgIpc) is 3.26. The topological polar surface area (TPSA) is 97.6 Å². The van der Waals surface area contributed by atoms with Crippen molar-refractivity contribution in [3.63, 3.8) is 0 Å². The van der Waals surface area contributed by atoms with Gasteiger partial charge >= 0.3 is 5.97 Å². The molecule has 0 saturated carbocycles. The number of thioether (sulfide) groups is 1. The second-order valence-corrected chi connectivity index (χ2v) is 7.44. The van der Waals surface area contributed by atoms with Gasteiger partial charge in [0.2, 0.25) is 5.91 Å². The Bertz CT molecular complexity index is 808. The number of hydrogen-bond donors (Lipinski definition) is 1. The van der Waals surface area contributed by atoms with Gasteiger partial charge < -0.3 is 14.7 Å². The zero-order valence-corrected chi connectivity index (χ0v) is 16.1. The molecule has 1 aromatic heterocycles. The molecule has 1 fully saturated rings. The number of aryl methyl sites for hydroxylation is 1. The van der Waals surface area contributed by atoms with Crippen LogP contribution in [0, 0.1) is 6.92 Å². The highest BCUT2D eigenvalue weighted by Crippen LogP contribution is 2.26. The molecular weight excluding hydrogens is 368 g/mol. The van der Waals surface area contributed by atoms with Crippen LogP contribution in [0.4, 0.5) is 0 Å². The summed E-state index contributed by atoms with van der Waals surface area (Å²) < 4.78 is 7.15. The summed E-state index contributed by atoms with van der Waals surface area (Å²) >= 11 is 1.29. The molecular formula is C18H22N4O4S. The van der Waals surface area contributed by atoms with Gasteiger partial charge in [0.1, 0.15) is 6.33 Å². The van der Waals surface area contributed by atoms with Gasteiger partial charge in [-0.3, -0.25) is 14.2 Å². The van der Waals surface area contributed by atoms with Gasteiger partial charge in [-0.1, -0.05) is 29.5 Å². The lowest BCUT2D eigenvalue weighted by Gasteiger charge is -2.23. The zero-order chi connectivity index (χ0) is 19.4. The molecule has 9 heteroatoms. The Hall–Kier alpha value is -2.39. The number of nitrogens with zero attached hydrogens (tertiary/aromatic N) is 4. The minimum Gasteiger partial charge on any atom is -0.481 e. The summed E-state index contributed by atoms with van der Waals surface area (Å²) in [7, 11) is 1.58. The Balaban J connectivity index is 1.66. The Morgan fingerprint density at radius 2 is 2.07 bits per heavy atom. The zero-order valence-electron chi connectivity index (χ0n) is 15.2. The number of carboxylic acids is 1. The number of ether oxygens (including phenoxy) is 1. The highest BCUT2D eigenvalue weighted by molar-refractivity contribution is 7.99. The first-order chi connectivity index (χ1) is 13.0. The number of aromatic nitrogens is 3. The summed E-state index contributed by atoms with van der Waals surface area (Å²) in [5, 5.41) is 17.7. The number of amides is 1. The standard InChI is InChI=1S/C18H22N4O4S/c1-12-3-5-13(6-4-12)22-11-19-20-18(22)27-10-16(23)21-9-15(26-2)7-14(21)8-17(24)25/h3-6,11,14-15H,7-10H2,1-2H3,(H,24,25). The highest BCUT2D eigenvalue weighted by Gasteiger charge is 2.36. The molecule has 144 valence electrons.